The van der Waals surface area contributed by atoms with Crippen LogP contribution in [0.5, 0.6) is 17.2 Å². The highest BCUT2D eigenvalue weighted by atomic mass is 32.1. The van der Waals surface area contributed by atoms with E-state index in [0.29, 0.717) is 29.7 Å². The Morgan fingerprint density at radius 3 is 2.47 bits per heavy atom. The number of amides is 1. The van der Waals surface area contributed by atoms with E-state index in [1.54, 1.807) is 33.5 Å². The molecule has 0 saturated carbocycles. The number of methoxy groups -OCH3 is 3. The van der Waals surface area contributed by atoms with Crippen molar-refractivity contribution in [2.75, 3.05) is 39.7 Å². The molecule has 0 saturated heterocycles. The van der Waals surface area contributed by atoms with Gasteiger partial charge in [-0.05, 0) is 29.8 Å². The van der Waals surface area contributed by atoms with Crippen LogP contribution in [-0.4, -0.2) is 50.2 Å². The highest BCUT2D eigenvalue weighted by Gasteiger charge is 2.15. The second kappa shape index (κ2) is 11.3. The van der Waals surface area contributed by atoms with E-state index < -0.39 is 0 Å². The van der Waals surface area contributed by atoms with Gasteiger partial charge in [0.25, 0.3) is 0 Å². The highest BCUT2D eigenvalue weighted by Crippen LogP contribution is 2.34. The number of ether oxygens (including phenoxy) is 3. The van der Waals surface area contributed by atoms with Gasteiger partial charge in [-0.3, -0.25) is 9.69 Å². The van der Waals surface area contributed by atoms with Gasteiger partial charge in [-0.25, -0.2) is 4.98 Å². The minimum atomic E-state index is -0.136. The first-order valence-electron chi connectivity index (χ1n) is 10.00. The highest BCUT2D eigenvalue weighted by molar-refractivity contribution is 7.14. The number of carbonyl (C=O) groups is 1. The predicted molar refractivity (Wildman–Crippen MR) is 128 cm³/mol. The van der Waals surface area contributed by atoms with Gasteiger partial charge in [-0.15, -0.1) is 17.9 Å². The number of anilines is 1. The lowest BCUT2D eigenvalue weighted by Gasteiger charge is -2.20. The normalized spacial score (nSPS) is 10.6. The van der Waals surface area contributed by atoms with Crippen LogP contribution in [0, 0.1) is 0 Å². The molecule has 32 heavy (non-hydrogen) atoms. The van der Waals surface area contributed by atoms with Gasteiger partial charge < -0.3 is 19.5 Å². The molecular formula is C24H27N3O4S. The number of nitrogens with zero attached hydrogens (tertiary/aromatic N) is 2. The molecule has 1 amide bonds. The molecule has 3 aromatic rings. The van der Waals surface area contributed by atoms with Crippen molar-refractivity contribution in [3.05, 3.63) is 66.1 Å². The van der Waals surface area contributed by atoms with E-state index in [4.69, 9.17) is 14.2 Å². The average Bonchev–Trinajstić information content (AvgIpc) is 3.27. The Balaban J connectivity index is 1.64. The summed E-state index contributed by atoms with van der Waals surface area (Å²) < 4.78 is 15.9. The number of aromatic nitrogens is 1. The molecule has 0 spiro atoms. The summed E-state index contributed by atoms with van der Waals surface area (Å²) in [5.74, 6) is 2.02. The van der Waals surface area contributed by atoms with Crippen LogP contribution in [-0.2, 0) is 11.3 Å². The van der Waals surface area contributed by atoms with Crippen LogP contribution in [0.2, 0.25) is 0 Å². The second-order valence-electron chi connectivity index (χ2n) is 6.96. The Morgan fingerprint density at radius 1 is 1.09 bits per heavy atom. The van der Waals surface area contributed by atoms with E-state index >= 15 is 0 Å². The first-order chi connectivity index (χ1) is 15.6. The van der Waals surface area contributed by atoms with Crippen LogP contribution in [0.3, 0.4) is 0 Å². The third-order valence-electron chi connectivity index (χ3n) is 4.75. The molecule has 3 rings (SSSR count). The van der Waals surface area contributed by atoms with Gasteiger partial charge in [0.2, 0.25) is 5.91 Å². The number of hydrogen-bond donors (Lipinski definition) is 1. The molecule has 7 nitrogen and oxygen atoms in total. The quantitative estimate of drug-likeness (QED) is 0.432. The van der Waals surface area contributed by atoms with Crippen LogP contribution >= 0.6 is 11.3 Å². The van der Waals surface area contributed by atoms with Gasteiger partial charge in [0.15, 0.2) is 5.13 Å². The number of rotatable bonds is 11. The molecule has 0 bridgehead atoms. The van der Waals surface area contributed by atoms with Gasteiger partial charge in [0.1, 0.15) is 17.2 Å². The zero-order chi connectivity index (χ0) is 22.9. The van der Waals surface area contributed by atoms with Crippen molar-refractivity contribution in [2.24, 2.45) is 0 Å². The van der Waals surface area contributed by atoms with Crippen molar-refractivity contribution < 1.29 is 19.0 Å². The van der Waals surface area contributed by atoms with Crippen LogP contribution in [0.25, 0.3) is 11.3 Å². The summed E-state index contributed by atoms with van der Waals surface area (Å²) in [6, 6.07) is 13.3. The Morgan fingerprint density at radius 2 is 1.81 bits per heavy atom. The van der Waals surface area contributed by atoms with Gasteiger partial charge in [-0.2, -0.15) is 0 Å². The monoisotopic (exact) mass is 453 g/mol. The maximum Gasteiger partial charge on any atom is 0.240 e. The molecule has 1 N–H and O–H groups in total. The topological polar surface area (TPSA) is 72.9 Å². The summed E-state index contributed by atoms with van der Waals surface area (Å²) in [5.41, 5.74) is 2.65. The molecule has 0 fully saturated rings. The lowest BCUT2D eigenvalue weighted by Crippen LogP contribution is -2.33. The second-order valence-corrected chi connectivity index (χ2v) is 7.82. The maximum absolute atomic E-state index is 12.7. The van der Waals surface area contributed by atoms with Crippen LogP contribution in [0.4, 0.5) is 5.13 Å². The lowest BCUT2D eigenvalue weighted by molar-refractivity contribution is -0.117. The molecule has 2 aromatic carbocycles. The number of nitrogens with one attached hydrogen (secondary N) is 1. The standard InChI is InChI=1S/C24H27N3O4S/c1-5-12-27(14-17-6-8-18(29-2)9-7-17)15-23(28)26-24-25-21(16-32-24)20-11-10-19(30-3)13-22(20)31-4/h5-11,13,16H,1,12,14-15H2,2-4H3,(H,25,26,28). The number of thiazole rings is 1. The summed E-state index contributed by atoms with van der Waals surface area (Å²) in [5, 5.41) is 5.31. The molecule has 168 valence electrons. The minimum absolute atomic E-state index is 0.136. The third kappa shape index (κ3) is 6.09. The van der Waals surface area contributed by atoms with Crippen LogP contribution in [0.15, 0.2) is 60.5 Å². The summed E-state index contributed by atoms with van der Waals surface area (Å²) >= 11 is 1.37. The van der Waals surface area contributed by atoms with Gasteiger partial charge in [-0.1, -0.05) is 18.2 Å². The van der Waals surface area contributed by atoms with Crippen molar-refractivity contribution in [1.29, 1.82) is 0 Å². The van der Waals surface area contributed by atoms with Crippen molar-refractivity contribution in [1.82, 2.24) is 9.88 Å². The van der Waals surface area contributed by atoms with E-state index in [1.807, 2.05) is 46.7 Å². The number of hydrogen-bond acceptors (Lipinski definition) is 7. The summed E-state index contributed by atoms with van der Waals surface area (Å²) in [7, 11) is 4.84. The fourth-order valence-corrected chi connectivity index (χ4v) is 3.91. The van der Waals surface area contributed by atoms with Crippen LogP contribution < -0.4 is 19.5 Å². The fraction of sp³-hybridized carbons (Fsp3) is 0.250. The van der Waals surface area contributed by atoms with E-state index in [0.717, 1.165) is 22.6 Å². The lowest BCUT2D eigenvalue weighted by atomic mass is 10.1. The predicted octanol–water partition coefficient (Wildman–Crippen LogP) is 4.46. The van der Waals surface area contributed by atoms with Gasteiger partial charge in [0.05, 0.1) is 33.6 Å². The maximum atomic E-state index is 12.7. The smallest absolute Gasteiger partial charge is 0.240 e. The zero-order valence-electron chi connectivity index (χ0n) is 18.5. The molecular weight excluding hydrogens is 426 g/mol. The van der Waals surface area contributed by atoms with Crippen molar-refractivity contribution in [2.45, 2.75) is 6.54 Å². The Bertz CT molecular complexity index is 1050. The number of carbonyl (C=O) groups excluding carboxylic acids is 1. The molecule has 0 radical (unpaired) electrons. The Hall–Kier alpha value is -3.36. The fourth-order valence-electron chi connectivity index (χ4n) is 3.18. The van der Waals surface area contributed by atoms with Gasteiger partial charge in [0, 0.05) is 30.1 Å². The van der Waals surface area contributed by atoms with Crippen molar-refractivity contribution >= 4 is 22.4 Å². The molecule has 0 aliphatic heterocycles. The van der Waals surface area contributed by atoms with E-state index in [-0.39, 0.29) is 12.5 Å². The number of benzene rings is 2. The van der Waals surface area contributed by atoms with E-state index in [1.165, 1.54) is 11.3 Å². The Labute approximate surface area is 192 Å². The van der Waals surface area contributed by atoms with Crippen LogP contribution in [0.1, 0.15) is 5.56 Å². The first kappa shape index (κ1) is 23.3. The average molecular weight is 454 g/mol. The summed E-state index contributed by atoms with van der Waals surface area (Å²) in [4.78, 5) is 19.2. The molecule has 1 aromatic heterocycles. The molecule has 0 atom stereocenters. The van der Waals surface area contributed by atoms with Crippen molar-refractivity contribution in [3.8, 4) is 28.5 Å². The molecule has 1 heterocycles. The molecule has 8 heteroatoms. The SMILES string of the molecule is C=CCN(CC(=O)Nc1nc(-c2ccc(OC)cc2OC)cs1)Cc1ccc(OC)cc1. The van der Waals surface area contributed by atoms with E-state index in [2.05, 4.69) is 16.9 Å². The first-order valence-corrected chi connectivity index (χ1v) is 10.9. The molecule has 0 aliphatic carbocycles. The third-order valence-corrected chi connectivity index (χ3v) is 5.51. The summed E-state index contributed by atoms with van der Waals surface area (Å²) in [6.07, 6.45) is 1.79. The minimum Gasteiger partial charge on any atom is -0.497 e. The largest absolute Gasteiger partial charge is 0.497 e. The Kier molecular flexibility index (Phi) is 8.24. The molecule has 0 unspecified atom stereocenters. The zero-order valence-corrected chi connectivity index (χ0v) is 19.3. The van der Waals surface area contributed by atoms with Gasteiger partial charge >= 0.3 is 0 Å². The van der Waals surface area contributed by atoms with E-state index in [9.17, 15) is 4.79 Å². The summed E-state index contributed by atoms with van der Waals surface area (Å²) in [6.45, 7) is 5.23. The molecule has 0 aliphatic rings. The van der Waals surface area contributed by atoms with Crippen molar-refractivity contribution in [3.63, 3.8) is 0 Å².